The molecular weight excluding hydrogens is 290 g/mol. The van der Waals surface area contributed by atoms with Crippen LogP contribution in [0.25, 0.3) is 5.82 Å². The summed E-state index contributed by atoms with van der Waals surface area (Å²) < 4.78 is 12.0. The van der Waals surface area contributed by atoms with E-state index < -0.39 is 17.9 Å². The van der Waals surface area contributed by atoms with Gasteiger partial charge in [0.1, 0.15) is 11.5 Å². The highest BCUT2D eigenvalue weighted by molar-refractivity contribution is 5.82. The van der Waals surface area contributed by atoms with Crippen molar-refractivity contribution in [1.29, 1.82) is 0 Å². The van der Waals surface area contributed by atoms with Crippen molar-refractivity contribution in [2.24, 2.45) is 0 Å². The Hall–Kier alpha value is -2.71. The van der Waals surface area contributed by atoms with E-state index in [0.29, 0.717) is 19.0 Å². The van der Waals surface area contributed by atoms with Crippen LogP contribution in [0.4, 0.5) is 10.5 Å². The molecule has 8 nitrogen and oxygen atoms in total. The number of carbonyl (C=O) groups is 1. The number of rotatable bonds is 3. The number of pyridine rings is 2. The molecule has 0 unspecified atom stereocenters. The zero-order chi connectivity index (χ0) is 15.5. The van der Waals surface area contributed by atoms with Crippen LogP contribution in [-0.2, 0) is 9.47 Å². The standard InChI is InChI=1S/C14H13N3O5/c18-12-10(16-14(19)20)2-1-5-17(12)11-4-3-9(8-15-11)13-21-6-7-22-13/h1-5,8,13,16H,6-7H2,(H,19,20). The first-order valence-electron chi connectivity index (χ1n) is 6.56. The van der Waals surface area contributed by atoms with E-state index in [1.165, 1.54) is 16.8 Å². The van der Waals surface area contributed by atoms with E-state index in [9.17, 15) is 9.59 Å². The molecule has 0 aromatic carbocycles. The van der Waals surface area contributed by atoms with Crippen molar-refractivity contribution in [3.8, 4) is 5.82 Å². The fourth-order valence-electron chi connectivity index (χ4n) is 2.12. The van der Waals surface area contributed by atoms with Crippen LogP contribution in [0, 0.1) is 0 Å². The first-order valence-corrected chi connectivity index (χ1v) is 6.56. The number of hydrogen-bond donors (Lipinski definition) is 2. The Balaban J connectivity index is 1.90. The Morgan fingerprint density at radius 3 is 2.73 bits per heavy atom. The lowest BCUT2D eigenvalue weighted by molar-refractivity contribution is -0.0443. The molecule has 0 radical (unpaired) electrons. The van der Waals surface area contributed by atoms with E-state index >= 15 is 0 Å². The smallest absolute Gasteiger partial charge is 0.409 e. The third kappa shape index (κ3) is 2.83. The SMILES string of the molecule is O=C(O)Nc1cccn(-c2ccc(C3OCCO3)cn2)c1=O. The molecule has 0 spiro atoms. The van der Waals surface area contributed by atoms with Crippen molar-refractivity contribution in [2.75, 3.05) is 18.5 Å². The summed E-state index contributed by atoms with van der Waals surface area (Å²) in [7, 11) is 0. The molecule has 0 saturated carbocycles. The van der Waals surface area contributed by atoms with Crippen LogP contribution in [0.2, 0.25) is 0 Å². The second kappa shape index (κ2) is 5.96. The molecule has 8 heteroatoms. The summed E-state index contributed by atoms with van der Waals surface area (Å²) in [5.41, 5.74) is 0.218. The predicted molar refractivity (Wildman–Crippen MR) is 76.1 cm³/mol. The van der Waals surface area contributed by atoms with Gasteiger partial charge >= 0.3 is 6.09 Å². The normalized spacial score (nSPS) is 14.9. The Morgan fingerprint density at radius 1 is 1.32 bits per heavy atom. The highest BCUT2D eigenvalue weighted by Crippen LogP contribution is 2.22. The Bertz CT molecular complexity index is 735. The van der Waals surface area contributed by atoms with E-state index in [-0.39, 0.29) is 5.69 Å². The van der Waals surface area contributed by atoms with E-state index in [1.807, 2.05) is 0 Å². The van der Waals surface area contributed by atoms with Crippen molar-refractivity contribution in [2.45, 2.75) is 6.29 Å². The summed E-state index contributed by atoms with van der Waals surface area (Å²) in [6.07, 6.45) is 1.35. The first-order chi connectivity index (χ1) is 10.6. The van der Waals surface area contributed by atoms with Crippen molar-refractivity contribution in [1.82, 2.24) is 9.55 Å². The van der Waals surface area contributed by atoms with Gasteiger partial charge in [-0.15, -0.1) is 0 Å². The molecule has 2 aromatic heterocycles. The minimum atomic E-state index is -1.30. The number of amides is 1. The maximum atomic E-state index is 12.2. The topological polar surface area (TPSA) is 103 Å². The van der Waals surface area contributed by atoms with Crippen LogP contribution in [0.5, 0.6) is 0 Å². The number of anilines is 1. The molecule has 1 aliphatic rings. The predicted octanol–water partition coefficient (Wildman–Crippen LogP) is 1.37. The fourth-order valence-corrected chi connectivity index (χ4v) is 2.12. The molecule has 2 aromatic rings. The molecule has 3 rings (SSSR count). The van der Waals surface area contributed by atoms with Gasteiger partial charge in [0.15, 0.2) is 6.29 Å². The van der Waals surface area contributed by atoms with E-state index in [0.717, 1.165) is 5.56 Å². The number of nitrogens with one attached hydrogen (secondary N) is 1. The van der Waals surface area contributed by atoms with Gasteiger partial charge in [0.2, 0.25) is 0 Å². The Kier molecular flexibility index (Phi) is 3.86. The van der Waals surface area contributed by atoms with E-state index in [2.05, 4.69) is 10.3 Å². The third-order valence-corrected chi connectivity index (χ3v) is 3.10. The first kappa shape index (κ1) is 14.2. The summed E-state index contributed by atoms with van der Waals surface area (Å²) in [6, 6.07) is 6.35. The van der Waals surface area contributed by atoms with Crippen molar-refractivity contribution in [3.05, 3.63) is 52.6 Å². The molecule has 1 amide bonds. The van der Waals surface area contributed by atoms with Gasteiger partial charge < -0.3 is 14.6 Å². The van der Waals surface area contributed by atoms with Gasteiger partial charge in [0.05, 0.1) is 13.2 Å². The monoisotopic (exact) mass is 303 g/mol. The van der Waals surface area contributed by atoms with E-state index in [1.54, 1.807) is 24.4 Å². The highest BCUT2D eigenvalue weighted by Gasteiger charge is 2.18. The lowest BCUT2D eigenvalue weighted by Gasteiger charge is -2.11. The van der Waals surface area contributed by atoms with E-state index in [4.69, 9.17) is 14.6 Å². The lowest BCUT2D eigenvalue weighted by Crippen LogP contribution is -2.24. The summed E-state index contributed by atoms with van der Waals surface area (Å²) in [5, 5.41) is 10.8. The van der Waals surface area contributed by atoms with Crippen molar-refractivity contribution >= 4 is 11.8 Å². The summed E-state index contributed by atoms with van der Waals surface area (Å²) >= 11 is 0. The third-order valence-electron chi connectivity index (χ3n) is 3.10. The minimum Gasteiger partial charge on any atom is -0.465 e. The lowest BCUT2D eigenvalue weighted by atomic mass is 10.2. The van der Waals surface area contributed by atoms with Crippen LogP contribution in [-0.4, -0.2) is 34.0 Å². The van der Waals surface area contributed by atoms with Gasteiger partial charge in [-0.25, -0.2) is 9.78 Å². The largest absolute Gasteiger partial charge is 0.465 e. The number of carboxylic acid groups (broad SMARTS) is 1. The maximum Gasteiger partial charge on any atom is 0.409 e. The van der Waals surface area contributed by atoms with Gasteiger partial charge in [0, 0.05) is 18.0 Å². The molecule has 2 N–H and O–H groups in total. The van der Waals surface area contributed by atoms with Gasteiger partial charge in [-0.1, -0.05) is 0 Å². The quantitative estimate of drug-likeness (QED) is 0.887. The summed E-state index contributed by atoms with van der Waals surface area (Å²) in [5.74, 6) is 0.376. The number of ether oxygens (including phenoxy) is 2. The molecular formula is C14H13N3O5. The molecule has 1 fully saturated rings. The average Bonchev–Trinajstić information content (AvgIpc) is 3.04. The Labute approximate surface area is 124 Å². The van der Waals surface area contributed by atoms with Crippen LogP contribution in [0.3, 0.4) is 0 Å². The molecule has 22 heavy (non-hydrogen) atoms. The molecule has 0 bridgehead atoms. The average molecular weight is 303 g/mol. The van der Waals surface area contributed by atoms with Crippen LogP contribution < -0.4 is 10.9 Å². The fraction of sp³-hybridized carbons (Fsp3) is 0.214. The van der Waals surface area contributed by atoms with Gasteiger partial charge in [-0.3, -0.25) is 14.7 Å². The molecule has 114 valence electrons. The van der Waals surface area contributed by atoms with Crippen molar-refractivity contribution in [3.63, 3.8) is 0 Å². The number of hydrogen-bond acceptors (Lipinski definition) is 5. The van der Waals surface area contributed by atoms with Gasteiger partial charge in [-0.2, -0.15) is 0 Å². The maximum absolute atomic E-state index is 12.2. The number of nitrogens with zero attached hydrogens (tertiary/aromatic N) is 2. The second-order valence-electron chi connectivity index (χ2n) is 4.55. The van der Waals surface area contributed by atoms with Crippen LogP contribution >= 0.6 is 0 Å². The Morgan fingerprint density at radius 2 is 2.09 bits per heavy atom. The summed E-state index contributed by atoms with van der Waals surface area (Å²) in [6.45, 7) is 1.07. The highest BCUT2D eigenvalue weighted by atomic mass is 16.7. The molecule has 0 aliphatic carbocycles. The zero-order valence-electron chi connectivity index (χ0n) is 11.4. The molecule has 3 heterocycles. The van der Waals surface area contributed by atoms with Crippen molar-refractivity contribution < 1.29 is 19.4 Å². The number of aromatic nitrogens is 2. The minimum absolute atomic E-state index is 0.0386. The summed E-state index contributed by atoms with van der Waals surface area (Å²) in [4.78, 5) is 27.1. The van der Waals surface area contributed by atoms with Crippen LogP contribution in [0.15, 0.2) is 41.5 Å². The molecule has 1 saturated heterocycles. The second-order valence-corrected chi connectivity index (χ2v) is 4.55. The molecule has 1 aliphatic heterocycles. The van der Waals surface area contributed by atoms with Crippen LogP contribution in [0.1, 0.15) is 11.9 Å². The molecule has 0 atom stereocenters. The van der Waals surface area contributed by atoms with Gasteiger partial charge in [0.25, 0.3) is 5.56 Å². The van der Waals surface area contributed by atoms with Gasteiger partial charge in [-0.05, 0) is 24.3 Å². The zero-order valence-corrected chi connectivity index (χ0v) is 11.4.